The Labute approximate surface area is 101 Å². The minimum Gasteiger partial charge on any atom is -0.391 e. The molecule has 1 aliphatic heterocycles. The van der Waals surface area contributed by atoms with E-state index in [-0.39, 0.29) is 12.0 Å². The normalized spacial score (nSPS) is 19.6. The lowest BCUT2D eigenvalue weighted by molar-refractivity contribution is -0.129. The average Bonchev–Trinajstić information content (AvgIpc) is 2.77. The minimum atomic E-state index is -0.358. The van der Waals surface area contributed by atoms with E-state index in [1.54, 1.807) is 4.90 Å². The number of nitrogens with zero attached hydrogens (tertiary/aromatic N) is 1. The van der Waals surface area contributed by atoms with E-state index in [2.05, 4.69) is 0 Å². The molecule has 0 spiro atoms. The SMILES string of the molecule is NCc1ccccc1CC(=O)N1CC[C@H](O)C1. The molecule has 4 nitrogen and oxygen atoms in total. The topological polar surface area (TPSA) is 66.6 Å². The number of hydrogen-bond donors (Lipinski definition) is 2. The third-order valence-electron chi connectivity index (χ3n) is 3.20. The number of aliphatic hydroxyl groups is 1. The summed E-state index contributed by atoms with van der Waals surface area (Å²) in [5.74, 6) is 0.0717. The fourth-order valence-electron chi connectivity index (χ4n) is 2.17. The second-order valence-corrected chi connectivity index (χ2v) is 4.43. The minimum absolute atomic E-state index is 0.0717. The van der Waals surface area contributed by atoms with Crippen LogP contribution in [0.2, 0.25) is 0 Å². The van der Waals surface area contributed by atoms with Crippen LogP contribution in [0.15, 0.2) is 24.3 Å². The van der Waals surface area contributed by atoms with Gasteiger partial charge in [0.2, 0.25) is 5.91 Å². The predicted molar refractivity (Wildman–Crippen MR) is 65.2 cm³/mol. The maximum absolute atomic E-state index is 12.0. The van der Waals surface area contributed by atoms with E-state index in [9.17, 15) is 9.90 Å². The van der Waals surface area contributed by atoms with Crippen LogP contribution in [-0.2, 0) is 17.8 Å². The highest BCUT2D eigenvalue weighted by molar-refractivity contribution is 5.79. The smallest absolute Gasteiger partial charge is 0.227 e. The molecule has 1 atom stereocenters. The highest BCUT2D eigenvalue weighted by Gasteiger charge is 2.24. The highest BCUT2D eigenvalue weighted by atomic mass is 16.3. The molecular formula is C13H18N2O2. The molecule has 2 rings (SSSR count). The molecule has 1 saturated heterocycles. The van der Waals surface area contributed by atoms with Gasteiger partial charge in [-0.25, -0.2) is 0 Å². The molecule has 17 heavy (non-hydrogen) atoms. The predicted octanol–water partition coefficient (Wildman–Crippen LogP) is 0.281. The van der Waals surface area contributed by atoms with Gasteiger partial charge in [0.05, 0.1) is 12.5 Å². The third-order valence-corrected chi connectivity index (χ3v) is 3.20. The number of carbonyl (C=O) groups is 1. The fourth-order valence-corrected chi connectivity index (χ4v) is 2.17. The van der Waals surface area contributed by atoms with Gasteiger partial charge in [-0.2, -0.15) is 0 Å². The van der Waals surface area contributed by atoms with Crippen molar-refractivity contribution in [3.8, 4) is 0 Å². The van der Waals surface area contributed by atoms with Gasteiger partial charge < -0.3 is 15.7 Å². The number of amides is 1. The number of rotatable bonds is 3. The van der Waals surface area contributed by atoms with Crippen LogP contribution in [0, 0.1) is 0 Å². The summed E-state index contributed by atoms with van der Waals surface area (Å²) in [4.78, 5) is 13.7. The molecule has 0 saturated carbocycles. The zero-order valence-electron chi connectivity index (χ0n) is 9.80. The van der Waals surface area contributed by atoms with Crippen LogP contribution in [0.1, 0.15) is 17.5 Å². The monoisotopic (exact) mass is 234 g/mol. The molecular weight excluding hydrogens is 216 g/mol. The van der Waals surface area contributed by atoms with E-state index in [4.69, 9.17) is 5.73 Å². The Kier molecular flexibility index (Phi) is 3.76. The van der Waals surface area contributed by atoms with Crippen molar-refractivity contribution in [3.05, 3.63) is 35.4 Å². The summed E-state index contributed by atoms with van der Waals surface area (Å²) in [6.07, 6.45) is 0.702. The molecule has 0 aliphatic carbocycles. The number of benzene rings is 1. The van der Waals surface area contributed by atoms with E-state index in [0.29, 0.717) is 32.5 Å². The van der Waals surface area contributed by atoms with Gasteiger partial charge in [0.25, 0.3) is 0 Å². The largest absolute Gasteiger partial charge is 0.391 e. The van der Waals surface area contributed by atoms with Crippen LogP contribution < -0.4 is 5.73 Å². The average molecular weight is 234 g/mol. The van der Waals surface area contributed by atoms with E-state index in [1.807, 2.05) is 24.3 Å². The molecule has 1 aromatic rings. The van der Waals surface area contributed by atoms with Crippen molar-refractivity contribution >= 4 is 5.91 Å². The number of aliphatic hydroxyl groups excluding tert-OH is 1. The lowest BCUT2D eigenvalue weighted by Crippen LogP contribution is -2.31. The molecule has 1 heterocycles. The van der Waals surface area contributed by atoms with Crippen LogP contribution in [0.3, 0.4) is 0 Å². The van der Waals surface area contributed by atoms with Crippen molar-refractivity contribution in [1.82, 2.24) is 4.90 Å². The second-order valence-electron chi connectivity index (χ2n) is 4.43. The van der Waals surface area contributed by atoms with Crippen molar-refractivity contribution in [1.29, 1.82) is 0 Å². The first-order chi connectivity index (χ1) is 8.20. The maximum atomic E-state index is 12.0. The van der Waals surface area contributed by atoms with Crippen LogP contribution >= 0.6 is 0 Å². The summed E-state index contributed by atoms with van der Waals surface area (Å²) in [5, 5.41) is 9.40. The lowest BCUT2D eigenvalue weighted by Gasteiger charge is -2.16. The Morgan fingerprint density at radius 1 is 1.41 bits per heavy atom. The molecule has 1 aromatic carbocycles. The molecule has 1 fully saturated rings. The van der Waals surface area contributed by atoms with Gasteiger partial charge >= 0.3 is 0 Å². The summed E-state index contributed by atoms with van der Waals surface area (Å²) in [6, 6.07) is 7.73. The van der Waals surface area contributed by atoms with Gasteiger partial charge in [0.1, 0.15) is 0 Å². The first-order valence-electron chi connectivity index (χ1n) is 5.93. The number of hydrogen-bond acceptors (Lipinski definition) is 3. The Bertz CT molecular complexity index is 406. The van der Waals surface area contributed by atoms with Gasteiger partial charge in [0.15, 0.2) is 0 Å². The summed E-state index contributed by atoms with van der Waals surface area (Å²) < 4.78 is 0. The molecule has 3 N–H and O–H groups in total. The van der Waals surface area contributed by atoms with Crippen molar-refractivity contribution in [3.63, 3.8) is 0 Å². The Balaban J connectivity index is 2.03. The first kappa shape index (κ1) is 12.1. The quantitative estimate of drug-likeness (QED) is 0.789. The van der Waals surface area contributed by atoms with Gasteiger partial charge in [-0.3, -0.25) is 4.79 Å². The molecule has 0 bridgehead atoms. The Hall–Kier alpha value is -1.39. The molecule has 92 valence electrons. The van der Waals surface area contributed by atoms with E-state index in [1.165, 1.54) is 0 Å². The number of likely N-dealkylation sites (tertiary alicyclic amines) is 1. The maximum Gasteiger partial charge on any atom is 0.227 e. The lowest BCUT2D eigenvalue weighted by atomic mass is 10.0. The molecule has 0 radical (unpaired) electrons. The van der Waals surface area contributed by atoms with Crippen molar-refractivity contribution < 1.29 is 9.90 Å². The molecule has 0 unspecified atom stereocenters. The number of nitrogens with two attached hydrogens (primary N) is 1. The van der Waals surface area contributed by atoms with E-state index >= 15 is 0 Å². The second kappa shape index (κ2) is 5.29. The summed E-state index contributed by atoms with van der Waals surface area (Å²) >= 11 is 0. The van der Waals surface area contributed by atoms with Gasteiger partial charge in [-0.1, -0.05) is 24.3 Å². The van der Waals surface area contributed by atoms with Gasteiger partial charge in [0, 0.05) is 19.6 Å². The fraction of sp³-hybridized carbons (Fsp3) is 0.462. The van der Waals surface area contributed by atoms with Gasteiger partial charge in [-0.05, 0) is 17.5 Å². The Morgan fingerprint density at radius 3 is 2.71 bits per heavy atom. The van der Waals surface area contributed by atoms with Crippen LogP contribution in [0.4, 0.5) is 0 Å². The van der Waals surface area contributed by atoms with Crippen LogP contribution in [-0.4, -0.2) is 35.1 Å². The van der Waals surface area contributed by atoms with Gasteiger partial charge in [-0.15, -0.1) is 0 Å². The van der Waals surface area contributed by atoms with Crippen LogP contribution in [0.5, 0.6) is 0 Å². The van der Waals surface area contributed by atoms with E-state index in [0.717, 1.165) is 11.1 Å². The standard InChI is InChI=1S/C13H18N2O2/c14-8-11-4-2-1-3-10(11)7-13(17)15-6-5-12(16)9-15/h1-4,12,16H,5-9,14H2/t12-/m0/s1. The molecule has 1 aliphatic rings. The summed E-state index contributed by atoms with van der Waals surface area (Å²) in [7, 11) is 0. The highest BCUT2D eigenvalue weighted by Crippen LogP contribution is 2.14. The van der Waals surface area contributed by atoms with E-state index < -0.39 is 0 Å². The first-order valence-corrected chi connectivity index (χ1v) is 5.93. The van der Waals surface area contributed by atoms with Crippen molar-refractivity contribution in [2.24, 2.45) is 5.73 Å². The molecule has 0 aromatic heterocycles. The molecule has 4 heteroatoms. The zero-order chi connectivity index (χ0) is 12.3. The zero-order valence-corrected chi connectivity index (χ0v) is 9.80. The number of carbonyl (C=O) groups excluding carboxylic acids is 1. The van der Waals surface area contributed by atoms with Crippen LogP contribution in [0.25, 0.3) is 0 Å². The third kappa shape index (κ3) is 2.84. The van der Waals surface area contributed by atoms with Crippen molar-refractivity contribution in [2.75, 3.05) is 13.1 Å². The van der Waals surface area contributed by atoms with Crippen molar-refractivity contribution in [2.45, 2.75) is 25.5 Å². The summed E-state index contributed by atoms with van der Waals surface area (Å²) in [6.45, 7) is 1.57. The molecule has 1 amide bonds. The number of β-amino-alcohol motifs (C(OH)–C–C–N with tert-alkyl or cyclic N) is 1. The Morgan fingerprint density at radius 2 is 2.12 bits per heavy atom. The summed E-state index contributed by atoms with van der Waals surface area (Å²) in [5.41, 5.74) is 7.64.